The minimum absolute atomic E-state index is 0.408. The molecule has 0 N–H and O–H groups in total. The van der Waals surface area contributed by atoms with Gasteiger partial charge in [0.2, 0.25) is 0 Å². The van der Waals surface area contributed by atoms with Crippen LogP contribution < -0.4 is 0 Å². The first-order chi connectivity index (χ1) is 11.4. The predicted octanol–water partition coefficient (Wildman–Crippen LogP) is 4.77. The molecule has 0 fully saturated rings. The van der Waals surface area contributed by atoms with Crippen molar-refractivity contribution in [2.24, 2.45) is 0 Å². The van der Waals surface area contributed by atoms with Crippen LogP contribution in [0.4, 0.5) is 0 Å². The zero-order chi connectivity index (χ0) is 17.5. The highest BCUT2D eigenvalue weighted by Gasteiger charge is 2.19. The SMILES string of the molecule is C=C1C=CO[C@H]1OC(=O)/C=C(\C)CC/C=C(\C)Cc1cc(C)co1. The van der Waals surface area contributed by atoms with Crippen molar-refractivity contribution in [1.29, 1.82) is 0 Å². The maximum atomic E-state index is 11.8. The van der Waals surface area contributed by atoms with Gasteiger partial charge in [-0.15, -0.1) is 0 Å². The molecule has 0 unspecified atom stereocenters. The molecule has 0 amide bonds. The van der Waals surface area contributed by atoms with Crippen LogP contribution in [0.5, 0.6) is 0 Å². The van der Waals surface area contributed by atoms with E-state index in [-0.39, 0.29) is 0 Å². The fourth-order valence-corrected chi connectivity index (χ4v) is 2.36. The summed E-state index contributed by atoms with van der Waals surface area (Å²) in [5.74, 6) is 0.566. The number of ether oxygens (including phenoxy) is 2. The number of hydrogen-bond acceptors (Lipinski definition) is 4. The summed E-state index contributed by atoms with van der Waals surface area (Å²) in [5.41, 5.74) is 4.00. The molecular weight excluding hydrogens is 304 g/mol. The fraction of sp³-hybridized carbons (Fsp3) is 0.350. The van der Waals surface area contributed by atoms with Crippen molar-refractivity contribution in [3.63, 3.8) is 0 Å². The molecule has 0 spiro atoms. The van der Waals surface area contributed by atoms with Gasteiger partial charge < -0.3 is 13.9 Å². The Morgan fingerprint density at radius 2 is 2.17 bits per heavy atom. The molecule has 1 aromatic heterocycles. The average molecular weight is 328 g/mol. The smallest absolute Gasteiger partial charge is 0.334 e. The molecule has 24 heavy (non-hydrogen) atoms. The Balaban J connectivity index is 1.74. The van der Waals surface area contributed by atoms with E-state index < -0.39 is 12.3 Å². The summed E-state index contributed by atoms with van der Waals surface area (Å²) in [6, 6.07) is 2.05. The zero-order valence-corrected chi connectivity index (χ0v) is 14.5. The molecule has 1 atom stereocenters. The van der Waals surface area contributed by atoms with Crippen molar-refractivity contribution in [3.05, 3.63) is 71.4 Å². The van der Waals surface area contributed by atoms with Crippen LogP contribution in [0.15, 0.2) is 64.5 Å². The minimum atomic E-state index is -0.694. The molecule has 4 heteroatoms. The number of aryl methyl sites for hydroxylation is 1. The minimum Gasteiger partial charge on any atom is -0.469 e. The summed E-state index contributed by atoms with van der Waals surface area (Å²) in [5, 5.41) is 0. The average Bonchev–Trinajstić information content (AvgIpc) is 3.08. The van der Waals surface area contributed by atoms with E-state index in [9.17, 15) is 4.79 Å². The summed E-state index contributed by atoms with van der Waals surface area (Å²) in [4.78, 5) is 11.8. The lowest BCUT2D eigenvalue weighted by Crippen LogP contribution is -2.16. The number of hydrogen-bond donors (Lipinski definition) is 0. The first kappa shape index (κ1) is 17.9. The Kier molecular flexibility index (Phi) is 6.24. The van der Waals surface area contributed by atoms with Gasteiger partial charge in [0.25, 0.3) is 6.29 Å². The summed E-state index contributed by atoms with van der Waals surface area (Å²) < 4.78 is 15.7. The number of carbonyl (C=O) groups is 1. The lowest BCUT2D eigenvalue weighted by molar-refractivity contribution is -0.155. The summed E-state index contributed by atoms with van der Waals surface area (Å²) >= 11 is 0. The fourth-order valence-electron chi connectivity index (χ4n) is 2.36. The van der Waals surface area contributed by atoms with Crippen molar-refractivity contribution in [1.82, 2.24) is 0 Å². The van der Waals surface area contributed by atoms with Crippen LogP contribution in [-0.4, -0.2) is 12.3 Å². The van der Waals surface area contributed by atoms with Crippen LogP contribution in [-0.2, 0) is 20.7 Å². The zero-order valence-electron chi connectivity index (χ0n) is 14.5. The van der Waals surface area contributed by atoms with Gasteiger partial charge in [-0.1, -0.05) is 23.8 Å². The number of allylic oxidation sites excluding steroid dienone is 3. The molecule has 0 saturated carbocycles. The number of rotatable bonds is 7. The second-order valence-corrected chi connectivity index (χ2v) is 6.13. The third-order valence-corrected chi connectivity index (χ3v) is 3.64. The summed E-state index contributed by atoms with van der Waals surface area (Å²) in [7, 11) is 0. The van der Waals surface area contributed by atoms with Gasteiger partial charge in [0.1, 0.15) is 5.76 Å². The van der Waals surface area contributed by atoms with Crippen LogP contribution >= 0.6 is 0 Å². The molecule has 1 aliphatic rings. The van der Waals surface area contributed by atoms with Gasteiger partial charge in [-0.05, 0) is 51.3 Å². The maximum absolute atomic E-state index is 11.8. The third kappa shape index (κ3) is 5.61. The van der Waals surface area contributed by atoms with Crippen molar-refractivity contribution in [2.45, 2.75) is 46.3 Å². The number of esters is 1. The van der Waals surface area contributed by atoms with Gasteiger partial charge in [-0.3, -0.25) is 0 Å². The molecule has 2 heterocycles. The Bertz CT molecular complexity index is 688. The molecule has 0 aliphatic carbocycles. The van der Waals surface area contributed by atoms with Crippen LogP contribution in [0.1, 0.15) is 38.0 Å². The van der Waals surface area contributed by atoms with Gasteiger partial charge in [-0.25, -0.2) is 4.79 Å². The predicted molar refractivity (Wildman–Crippen MR) is 93.1 cm³/mol. The van der Waals surface area contributed by atoms with E-state index in [4.69, 9.17) is 13.9 Å². The van der Waals surface area contributed by atoms with Gasteiger partial charge >= 0.3 is 5.97 Å². The molecule has 4 nitrogen and oxygen atoms in total. The standard InChI is InChI=1S/C20H24O4/c1-14(10-18-11-16(3)13-23-18)6-5-7-15(2)12-19(21)24-20-17(4)8-9-22-20/h6,8-9,11-13,20H,4-5,7,10H2,1-3H3/b14-6+,15-12+/t20-/m0/s1. The van der Waals surface area contributed by atoms with Gasteiger partial charge in [0.15, 0.2) is 0 Å². The first-order valence-electron chi connectivity index (χ1n) is 8.02. The number of furan rings is 1. The number of carbonyl (C=O) groups excluding carboxylic acids is 1. The quantitative estimate of drug-likeness (QED) is 0.411. The second kappa shape index (κ2) is 8.39. The monoisotopic (exact) mass is 328 g/mol. The van der Waals surface area contributed by atoms with Crippen LogP contribution in [0.2, 0.25) is 0 Å². The Morgan fingerprint density at radius 3 is 2.79 bits per heavy atom. The van der Waals surface area contributed by atoms with E-state index in [1.54, 1.807) is 12.3 Å². The van der Waals surface area contributed by atoms with Gasteiger partial charge in [-0.2, -0.15) is 0 Å². The lowest BCUT2D eigenvalue weighted by atomic mass is 10.1. The van der Waals surface area contributed by atoms with E-state index in [0.717, 1.165) is 36.2 Å². The molecule has 0 saturated heterocycles. The van der Waals surface area contributed by atoms with Crippen molar-refractivity contribution in [3.8, 4) is 0 Å². The van der Waals surface area contributed by atoms with Crippen molar-refractivity contribution < 1.29 is 18.7 Å². The molecular formula is C20H24O4. The van der Waals surface area contributed by atoms with Gasteiger partial charge in [0.05, 0.1) is 12.5 Å². The Labute approximate surface area is 143 Å². The van der Waals surface area contributed by atoms with Crippen LogP contribution in [0, 0.1) is 6.92 Å². The van der Waals surface area contributed by atoms with E-state index in [1.165, 1.54) is 17.9 Å². The molecule has 1 aromatic rings. The topological polar surface area (TPSA) is 48.7 Å². The highest BCUT2D eigenvalue weighted by atomic mass is 16.7. The molecule has 2 rings (SSSR count). The van der Waals surface area contributed by atoms with Crippen molar-refractivity contribution >= 4 is 5.97 Å². The lowest BCUT2D eigenvalue weighted by Gasteiger charge is -2.11. The highest BCUT2D eigenvalue weighted by Crippen LogP contribution is 2.17. The third-order valence-electron chi connectivity index (χ3n) is 3.64. The first-order valence-corrected chi connectivity index (χ1v) is 8.02. The van der Waals surface area contributed by atoms with Gasteiger partial charge in [0, 0.05) is 18.1 Å². The highest BCUT2D eigenvalue weighted by molar-refractivity contribution is 5.83. The van der Waals surface area contributed by atoms with Crippen LogP contribution in [0.25, 0.3) is 0 Å². The Hall–Kier alpha value is -2.49. The largest absolute Gasteiger partial charge is 0.469 e. The van der Waals surface area contributed by atoms with E-state index in [1.807, 2.05) is 19.9 Å². The second-order valence-electron chi connectivity index (χ2n) is 6.13. The van der Waals surface area contributed by atoms with E-state index >= 15 is 0 Å². The normalized spacial score (nSPS) is 18.0. The summed E-state index contributed by atoms with van der Waals surface area (Å²) in [6.45, 7) is 9.77. The maximum Gasteiger partial charge on any atom is 0.334 e. The van der Waals surface area contributed by atoms with Crippen LogP contribution in [0.3, 0.4) is 0 Å². The van der Waals surface area contributed by atoms with Crippen molar-refractivity contribution in [2.75, 3.05) is 0 Å². The molecule has 0 radical (unpaired) electrons. The Morgan fingerprint density at radius 1 is 1.38 bits per heavy atom. The van der Waals surface area contributed by atoms with E-state index in [0.29, 0.717) is 5.57 Å². The molecule has 1 aliphatic heterocycles. The molecule has 0 aromatic carbocycles. The molecule has 128 valence electrons. The summed E-state index contributed by atoms with van der Waals surface area (Å²) in [6.07, 6.45) is 10.4. The van der Waals surface area contributed by atoms with E-state index in [2.05, 4.69) is 19.6 Å². The molecule has 0 bridgehead atoms.